The van der Waals surface area contributed by atoms with Gasteiger partial charge >= 0.3 is 0 Å². The number of thiophene rings is 1. The van der Waals surface area contributed by atoms with Crippen LogP contribution in [0.5, 0.6) is 0 Å². The zero-order valence-electron chi connectivity index (χ0n) is 12.8. The largest absolute Gasteiger partial charge is 0.390 e. The number of nitrogens with zero attached hydrogens (tertiary/aromatic N) is 1. The Bertz CT molecular complexity index is 943. The Morgan fingerprint density at radius 2 is 2.04 bits per heavy atom. The van der Waals surface area contributed by atoms with Crippen LogP contribution in [-0.4, -0.2) is 16.0 Å². The number of pyridine rings is 1. The molecule has 0 fully saturated rings. The fourth-order valence-corrected chi connectivity index (χ4v) is 3.34. The van der Waals surface area contributed by atoms with E-state index >= 15 is 0 Å². The second kappa shape index (κ2) is 6.96. The highest BCUT2D eigenvalue weighted by molar-refractivity contribution is 7.19. The lowest BCUT2D eigenvalue weighted by molar-refractivity contribution is 0.100. The van der Waals surface area contributed by atoms with Crippen molar-refractivity contribution in [3.63, 3.8) is 0 Å². The average Bonchev–Trinajstić information content (AvgIpc) is 2.98. The summed E-state index contributed by atoms with van der Waals surface area (Å²) in [7, 11) is 0. The normalized spacial score (nSPS) is 10.7. The predicted molar refractivity (Wildman–Crippen MR) is 91.6 cm³/mol. The molecule has 0 atom stereocenters. The maximum Gasteiger partial charge on any atom is 0.251 e. The van der Waals surface area contributed by atoms with E-state index in [9.17, 15) is 13.6 Å². The number of benzene rings is 1. The quantitative estimate of drug-likeness (QED) is 0.650. The smallest absolute Gasteiger partial charge is 0.251 e. The van der Waals surface area contributed by atoms with Crippen LogP contribution in [0.15, 0.2) is 42.5 Å². The number of rotatable bonds is 5. The van der Waals surface area contributed by atoms with Gasteiger partial charge in [-0.3, -0.25) is 4.79 Å². The molecule has 0 aliphatic heterocycles. The fourth-order valence-electron chi connectivity index (χ4n) is 2.24. The first-order valence-electron chi connectivity index (χ1n) is 7.21. The second-order valence-corrected chi connectivity index (χ2v) is 6.19. The van der Waals surface area contributed by atoms with E-state index in [-0.39, 0.29) is 17.7 Å². The number of hydrogen-bond acceptors (Lipinski definition) is 5. The van der Waals surface area contributed by atoms with Gasteiger partial charge in [0.1, 0.15) is 22.5 Å². The Hall–Kier alpha value is -2.84. The molecule has 5 nitrogen and oxygen atoms in total. The number of primary amides is 1. The van der Waals surface area contributed by atoms with Crippen molar-refractivity contribution in [1.82, 2.24) is 4.98 Å². The van der Waals surface area contributed by atoms with Gasteiger partial charge in [-0.05, 0) is 30.3 Å². The molecule has 0 aliphatic rings. The third kappa shape index (κ3) is 3.65. The number of aromatic nitrogens is 1. The van der Waals surface area contributed by atoms with Crippen LogP contribution < -0.4 is 11.1 Å². The number of carbonyl (C=O) groups excluding carboxylic acids is 1. The van der Waals surface area contributed by atoms with Gasteiger partial charge in [-0.1, -0.05) is 6.07 Å². The van der Waals surface area contributed by atoms with Crippen LogP contribution in [0.1, 0.15) is 16.1 Å². The van der Waals surface area contributed by atoms with E-state index < -0.39 is 17.5 Å². The van der Waals surface area contributed by atoms with E-state index in [0.717, 1.165) is 23.5 Å². The SMILES string of the molecule is NC(=O)c1cc(-c2ccc(F)cc2F)sc1Nc1cccc(CO)n1. The summed E-state index contributed by atoms with van der Waals surface area (Å²) in [6, 6.07) is 9.66. The van der Waals surface area contributed by atoms with E-state index in [2.05, 4.69) is 10.3 Å². The van der Waals surface area contributed by atoms with Crippen LogP contribution in [0.2, 0.25) is 0 Å². The number of hydrogen-bond donors (Lipinski definition) is 3. The molecule has 0 radical (unpaired) electrons. The summed E-state index contributed by atoms with van der Waals surface area (Å²) in [5.41, 5.74) is 6.17. The number of aliphatic hydroxyl groups is 1. The Balaban J connectivity index is 2.01. The minimum Gasteiger partial charge on any atom is -0.390 e. The van der Waals surface area contributed by atoms with E-state index in [4.69, 9.17) is 10.8 Å². The highest BCUT2D eigenvalue weighted by atomic mass is 32.1. The summed E-state index contributed by atoms with van der Waals surface area (Å²) in [5.74, 6) is -1.70. The van der Waals surface area contributed by atoms with Crippen molar-refractivity contribution in [1.29, 1.82) is 0 Å². The molecule has 3 rings (SSSR count). The molecule has 4 N–H and O–H groups in total. The van der Waals surface area contributed by atoms with Crippen LogP contribution >= 0.6 is 11.3 Å². The van der Waals surface area contributed by atoms with Crippen LogP contribution in [0.3, 0.4) is 0 Å². The lowest BCUT2D eigenvalue weighted by atomic mass is 10.1. The van der Waals surface area contributed by atoms with Crippen LogP contribution in [0, 0.1) is 11.6 Å². The van der Waals surface area contributed by atoms with Crippen molar-refractivity contribution in [3.05, 3.63) is 65.4 Å². The molecule has 8 heteroatoms. The predicted octanol–water partition coefficient (Wildman–Crippen LogP) is 3.42. The Kier molecular flexibility index (Phi) is 4.73. The molecule has 1 aromatic carbocycles. The van der Waals surface area contributed by atoms with Crippen molar-refractivity contribution < 1.29 is 18.7 Å². The van der Waals surface area contributed by atoms with E-state index in [0.29, 0.717) is 21.4 Å². The first-order valence-corrected chi connectivity index (χ1v) is 8.02. The molecule has 0 spiro atoms. The van der Waals surface area contributed by atoms with Crippen LogP contribution in [0.25, 0.3) is 10.4 Å². The molecular weight excluding hydrogens is 348 g/mol. The third-order valence-corrected chi connectivity index (χ3v) is 4.49. The molecule has 0 aliphatic carbocycles. The minimum atomic E-state index is -0.732. The number of carbonyl (C=O) groups is 1. The van der Waals surface area contributed by atoms with Gasteiger partial charge in [0.05, 0.1) is 17.9 Å². The summed E-state index contributed by atoms with van der Waals surface area (Å²) in [6.45, 7) is -0.228. The number of amides is 1. The number of halogens is 2. The van der Waals surface area contributed by atoms with Crippen molar-refractivity contribution >= 4 is 28.1 Å². The number of aliphatic hydroxyl groups excluding tert-OH is 1. The molecule has 2 aromatic heterocycles. The first-order chi connectivity index (χ1) is 12.0. The topological polar surface area (TPSA) is 88.2 Å². The molecule has 1 amide bonds. The van der Waals surface area contributed by atoms with Crippen molar-refractivity contribution in [2.75, 3.05) is 5.32 Å². The lowest BCUT2D eigenvalue weighted by Gasteiger charge is -2.06. The van der Waals surface area contributed by atoms with E-state index in [1.54, 1.807) is 18.2 Å². The second-order valence-electron chi connectivity index (χ2n) is 5.14. The van der Waals surface area contributed by atoms with Gasteiger partial charge in [-0.15, -0.1) is 11.3 Å². The third-order valence-electron chi connectivity index (χ3n) is 3.40. The zero-order chi connectivity index (χ0) is 18.0. The summed E-state index contributed by atoms with van der Waals surface area (Å²) < 4.78 is 27.1. The van der Waals surface area contributed by atoms with E-state index in [1.165, 1.54) is 12.1 Å². The van der Waals surface area contributed by atoms with Gasteiger partial charge in [-0.25, -0.2) is 13.8 Å². The maximum atomic E-state index is 14.0. The van der Waals surface area contributed by atoms with Crippen molar-refractivity contribution in [2.45, 2.75) is 6.61 Å². The van der Waals surface area contributed by atoms with E-state index in [1.807, 2.05) is 0 Å². The molecular formula is C17H13F2N3O2S. The number of nitrogens with one attached hydrogen (secondary N) is 1. The molecule has 2 heterocycles. The van der Waals surface area contributed by atoms with Crippen molar-refractivity contribution in [2.24, 2.45) is 5.73 Å². The molecule has 0 saturated carbocycles. The monoisotopic (exact) mass is 361 g/mol. The molecule has 3 aromatic rings. The Labute approximate surface area is 145 Å². The Morgan fingerprint density at radius 1 is 1.24 bits per heavy atom. The number of nitrogens with two attached hydrogens (primary N) is 1. The molecule has 25 heavy (non-hydrogen) atoms. The standard InChI is InChI=1S/C17H13F2N3O2S/c18-9-4-5-11(13(19)6-9)14-7-12(16(20)24)17(25-14)22-15-3-1-2-10(8-23)21-15/h1-7,23H,8H2,(H2,20,24)(H,21,22). The maximum absolute atomic E-state index is 14.0. The summed E-state index contributed by atoms with van der Waals surface area (Å²) in [6.07, 6.45) is 0. The van der Waals surface area contributed by atoms with Crippen LogP contribution in [0.4, 0.5) is 19.6 Å². The zero-order valence-corrected chi connectivity index (χ0v) is 13.6. The number of anilines is 2. The van der Waals surface area contributed by atoms with Gasteiger partial charge < -0.3 is 16.2 Å². The summed E-state index contributed by atoms with van der Waals surface area (Å²) >= 11 is 1.09. The van der Waals surface area contributed by atoms with Gasteiger partial charge in [0, 0.05) is 16.5 Å². The minimum absolute atomic E-state index is 0.166. The summed E-state index contributed by atoms with van der Waals surface area (Å²) in [5, 5.41) is 12.5. The van der Waals surface area contributed by atoms with Crippen LogP contribution in [-0.2, 0) is 6.61 Å². The highest BCUT2D eigenvalue weighted by Crippen LogP contribution is 2.37. The highest BCUT2D eigenvalue weighted by Gasteiger charge is 2.17. The van der Waals surface area contributed by atoms with Gasteiger partial charge in [0.2, 0.25) is 0 Å². The van der Waals surface area contributed by atoms with Crippen molar-refractivity contribution in [3.8, 4) is 10.4 Å². The first kappa shape index (κ1) is 17.0. The molecule has 0 bridgehead atoms. The van der Waals surface area contributed by atoms with Gasteiger partial charge in [0.25, 0.3) is 5.91 Å². The lowest BCUT2D eigenvalue weighted by Crippen LogP contribution is -2.11. The van der Waals surface area contributed by atoms with Gasteiger partial charge in [0.15, 0.2) is 0 Å². The van der Waals surface area contributed by atoms with Gasteiger partial charge in [-0.2, -0.15) is 0 Å². The fraction of sp³-hybridized carbons (Fsp3) is 0.0588. The Morgan fingerprint density at radius 3 is 2.72 bits per heavy atom. The average molecular weight is 361 g/mol. The molecule has 0 unspecified atom stereocenters. The summed E-state index contributed by atoms with van der Waals surface area (Å²) in [4.78, 5) is 16.3. The molecule has 128 valence electrons. The molecule has 0 saturated heterocycles.